The Bertz CT molecular complexity index is 1510. The summed E-state index contributed by atoms with van der Waals surface area (Å²) in [5.41, 5.74) is 8.90. The third kappa shape index (κ3) is 4.28. The van der Waals surface area contributed by atoms with Crippen LogP contribution < -0.4 is 19.9 Å². The zero-order chi connectivity index (χ0) is 24.4. The summed E-state index contributed by atoms with van der Waals surface area (Å²) in [7, 11) is 1.59. The summed E-state index contributed by atoms with van der Waals surface area (Å²) in [6.07, 6.45) is 0.131. The standard InChI is InChI=1S/C29H22N2O4/c1-33-21-10-5-9-20(14-21)28-24-13-12-22(16-26(24)35-29(31)25(28)17-30)34-27(32)15-19-8-4-7-18-6-2-3-11-23(18)19/h2-14,16,28H,15,31H2,1H3. The molecular formula is C29H22N2O4. The van der Waals surface area contributed by atoms with Gasteiger partial charge in [0.15, 0.2) is 0 Å². The van der Waals surface area contributed by atoms with Crippen LogP contribution in [0.2, 0.25) is 0 Å². The molecule has 2 N–H and O–H groups in total. The highest BCUT2D eigenvalue weighted by molar-refractivity contribution is 5.89. The van der Waals surface area contributed by atoms with Crippen LogP contribution in [-0.4, -0.2) is 13.1 Å². The van der Waals surface area contributed by atoms with Crippen molar-refractivity contribution in [2.45, 2.75) is 12.3 Å². The van der Waals surface area contributed by atoms with Gasteiger partial charge in [-0.3, -0.25) is 4.79 Å². The molecule has 6 heteroatoms. The molecule has 1 aliphatic heterocycles. The monoisotopic (exact) mass is 462 g/mol. The van der Waals surface area contributed by atoms with E-state index in [0.29, 0.717) is 22.8 Å². The van der Waals surface area contributed by atoms with Gasteiger partial charge in [-0.05, 0) is 40.1 Å². The molecule has 0 aromatic heterocycles. The van der Waals surface area contributed by atoms with Crippen molar-refractivity contribution in [2.75, 3.05) is 7.11 Å². The number of rotatable bonds is 5. The van der Waals surface area contributed by atoms with Crippen LogP contribution in [0.3, 0.4) is 0 Å². The summed E-state index contributed by atoms with van der Waals surface area (Å²) in [5, 5.41) is 11.9. The Labute approximate surface area is 202 Å². The van der Waals surface area contributed by atoms with Gasteiger partial charge in [-0.1, -0.05) is 60.7 Å². The minimum atomic E-state index is -0.431. The molecule has 0 amide bonds. The van der Waals surface area contributed by atoms with E-state index in [0.717, 1.165) is 27.5 Å². The number of hydrogen-bond acceptors (Lipinski definition) is 6. The maximum absolute atomic E-state index is 12.8. The predicted molar refractivity (Wildman–Crippen MR) is 132 cm³/mol. The molecule has 1 atom stereocenters. The number of methoxy groups -OCH3 is 1. The Morgan fingerprint density at radius 3 is 2.63 bits per heavy atom. The largest absolute Gasteiger partial charge is 0.497 e. The molecule has 35 heavy (non-hydrogen) atoms. The van der Waals surface area contributed by atoms with Crippen molar-refractivity contribution in [3.63, 3.8) is 0 Å². The molecule has 0 fully saturated rings. The molecule has 1 aliphatic rings. The van der Waals surface area contributed by atoms with Gasteiger partial charge in [-0.25, -0.2) is 0 Å². The Balaban J connectivity index is 1.43. The van der Waals surface area contributed by atoms with Crippen LogP contribution in [-0.2, 0) is 11.2 Å². The normalized spacial score (nSPS) is 14.6. The SMILES string of the molecule is COc1cccc(C2C(C#N)=C(N)Oc3cc(OC(=O)Cc4cccc5ccccc45)ccc32)c1. The number of allylic oxidation sites excluding steroid dienone is 1. The Kier molecular flexibility index (Phi) is 5.82. The quantitative estimate of drug-likeness (QED) is 0.323. The number of esters is 1. The molecule has 5 rings (SSSR count). The second kappa shape index (κ2) is 9.24. The third-order valence-corrected chi connectivity index (χ3v) is 6.06. The van der Waals surface area contributed by atoms with E-state index >= 15 is 0 Å². The number of nitrogens with two attached hydrogens (primary N) is 1. The van der Waals surface area contributed by atoms with E-state index in [-0.39, 0.29) is 18.3 Å². The number of benzene rings is 4. The lowest BCUT2D eigenvalue weighted by Crippen LogP contribution is -2.21. The minimum Gasteiger partial charge on any atom is -0.497 e. The number of carbonyl (C=O) groups excluding carboxylic acids is 1. The summed E-state index contributed by atoms with van der Waals surface area (Å²) in [5.74, 6) is 0.649. The molecule has 4 aromatic rings. The van der Waals surface area contributed by atoms with Gasteiger partial charge in [0.1, 0.15) is 28.9 Å². The summed E-state index contributed by atoms with van der Waals surface area (Å²) in [6.45, 7) is 0. The second-order valence-electron chi connectivity index (χ2n) is 8.19. The molecule has 172 valence electrons. The fourth-order valence-corrected chi connectivity index (χ4v) is 4.43. The topological polar surface area (TPSA) is 94.6 Å². The Morgan fingerprint density at radius 2 is 1.80 bits per heavy atom. The summed E-state index contributed by atoms with van der Waals surface area (Å²) >= 11 is 0. The molecule has 1 heterocycles. The molecule has 0 spiro atoms. The van der Waals surface area contributed by atoms with E-state index in [9.17, 15) is 10.1 Å². The van der Waals surface area contributed by atoms with E-state index in [2.05, 4.69) is 6.07 Å². The fraction of sp³-hybridized carbons (Fsp3) is 0.103. The first kappa shape index (κ1) is 22.1. The van der Waals surface area contributed by atoms with Gasteiger partial charge in [0.05, 0.1) is 19.4 Å². The lowest BCUT2D eigenvalue weighted by molar-refractivity contribution is -0.133. The lowest BCUT2D eigenvalue weighted by Gasteiger charge is -2.27. The molecular weight excluding hydrogens is 440 g/mol. The maximum atomic E-state index is 12.8. The summed E-state index contributed by atoms with van der Waals surface area (Å²) in [6, 6.07) is 28.5. The number of ether oxygens (including phenoxy) is 3. The van der Waals surface area contributed by atoms with Crippen molar-refractivity contribution in [3.05, 3.63) is 113 Å². The molecule has 6 nitrogen and oxygen atoms in total. The lowest BCUT2D eigenvalue weighted by atomic mass is 9.83. The van der Waals surface area contributed by atoms with Crippen LogP contribution in [0, 0.1) is 11.3 Å². The molecule has 1 unspecified atom stereocenters. The summed E-state index contributed by atoms with van der Waals surface area (Å²) in [4.78, 5) is 12.8. The van der Waals surface area contributed by atoms with Gasteiger partial charge in [0.25, 0.3) is 0 Å². The van der Waals surface area contributed by atoms with Gasteiger partial charge < -0.3 is 19.9 Å². The third-order valence-electron chi connectivity index (χ3n) is 6.06. The first-order valence-electron chi connectivity index (χ1n) is 11.1. The Hall–Kier alpha value is -4.76. The van der Waals surface area contributed by atoms with Gasteiger partial charge in [0, 0.05) is 11.6 Å². The van der Waals surface area contributed by atoms with Crippen molar-refractivity contribution in [2.24, 2.45) is 5.73 Å². The van der Waals surface area contributed by atoms with Gasteiger partial charge in [-0.2, -0.15) is 5.26 Å². The zero-order valence-corrected chi connectivity index (χ0v) is 19.0. The molecule has 4 aromatic carbocycles. The molecule has 0 aliphatic carbocycles. The molecule has 0 bridgehead atoms. The zero-order valence-electron chi connectivity index (χ0n) is 19.0. The van der Waals surface area contributed by atoms with E-state index in [1.807, 2.05) is 66.7 Å². The highest BCUT2D eigenvalue weighted by Gasteiger charge is 2.31. The van der Waals surface area contributed by atoms with Crippen LogP contribution in [0.25, 0.3) is 10.8 Å². The number of fused-ring (bicyclic) bond motifs is 2. The van der Waals surface area contributed by atoms with Gasteiger partial charge in [0.2, 0.25) is 5.88 Å². The van der Waals surface area contributed by atoms with Crippen LogP contribution in [0.5, 0.6) is 17.2 Å². The average molecular weight is 463 g/mol. The molecule has 0 saturated carbocycles. The van der Waals surface area contributed by atoms with E-state index in [4.69, 9.17) is 19.9 Å². The van der Waals surface area contributed by atoms with Crippen LogP contribution in [0.15, 0.2) is 96.4 Å². The smallest absolute Gasteiger partial charge is 0.315 e. The average Bonchev–Trinajstić information content (AvgIpc) is 2.88. The highest BCUT2D eigenvalue weighted by atomic mass is 16.5. The molecule has 0 saturated heterocycles. The van der Waals surface area contributed by atoms with Crippen LogP contribution in [0.4, 0.5) is 0 Å². The van der Waals surface area contributed by atoms with Crippen molar-refractivity contribution in [1.82, 2.24) is 0 Å². The number of hydrogen-bond donors (Lipinski definition) is 1. The van der Waals surface area contributed by atoms with E-state index in [1.165, 1.54) is 0 Å². The minimum absolute atomic E-state index is 0.0204. The molecule has 0 radical (unpaired) electrons. The van der Waals surface area contributed by atoms with Crippen LogP contribution >= 0.6 is 0 Å². The number of carbonyl (C=O) groups is 1. The second-order valence-corrected chi connectivity index (χ2v) is 8.19. The maximum Gasteiger partial charge on any atom is 0.315 e. The van der Waals surface area contributed by atoms with Crippen molar-refractivity contribution in [3.8, 4) is 23.3 Å². The first-order chi connectivity index (χ1) is 17.1. The van der Waals surface area contributed by atoms with Crippen molar-refractivity contribution in [1.29, 1.82) is 5.26 Å². The summed E-state index contributed by atoms with van der Waals surface area (Å²) < 4.78 is 16.7. The van der Waals surface area contributed by atoms with Gasteiger partial charge >= 0.3 is 5.97 Å². The van der Waals surface area contributed by atoms with Gasteiger partial charge in [-0.15, -0.1) is 0 Å². The van der Waals surface area contributed by atoms with Crippen molar-refractivity contribution < 1.29 is 19.0 Å². The van der Waals surface area contributed by atoms with Crippen LogP contribution in [0.1, 0.15) is 22.6 Å². The first-order valence-corrected chi connectivity index (χ1v) is 11.1. The van der Waals surface area contributed by atoms with E-state index in [1.54, 1.807) is 25.3 Å². The fourth-order valence-electron chi connectivity index (χ4n) is 4.43. The number of nitriles is 1. The highest BCUT2D eigenvalue weighted by Crippen LogP contribution is 2.44. The van der Waals surface area contributed by atoms with Crippen molar-refractivity contribution >= 4 is 16.7 Å². The Morgan fingerprint density at radius 1 is 1.00 bits per heavy atom. The number of nitrogens with zero attached hydrogens (tertiary/aromatic N) is 1. The predicted octanol–water partition coefficient (Wildman–Crippen LogP) is 5.21. The van der Waals surface area contributed by atoms with E-state index < -0.39 is 5.92 Å².